The van der Waals surface area contributed by atoms with Crippen LogP contribution in [-0.2, 0) is 27.7 Å². The van der Waals surface area contributed by atoms with Gasteiger partial charge in [0.25, 0.3) is 0 Å². The zero-order chi connectivity index (χ0) is 19.3. The van der Waals surface area contributed by atoms with Crippen molar-refractivity contribution in [2.45, 2.75) is 44.8 Å². The van der Waals surface area contributed by atoms with Gasteiger partial charge in [-0.15, -0.1) is 0 Å². The van der Waals surface area contributed by atoms with Crippen molar-refractivity contribution in [3.05, 3.63) is 24.0 Å². The summed E-state index contributed by atoms with van der Waals surface area (Å²) in [7, 11) is -3.77. The molecule has 10 nitrogen and oxygen atoms in total. The molecule has 4 N–H and O–H groups in total. The van der Waals surface area contributed by atoms with Crippen LogP contribution in [0.15, 0.2) is 24.0 Å². The van der Waals surface area contributed by atoms with Gasteiger partial charge in [0, 0.05) is 18.0 Å². The highest BCUT2D eigenvalue weighted by Gasteiger charge is 2.46. The Morgan fingerprint density at radius 1 is 1.31 bits per heavy atom. The summed E-state index contributed by atoms with van der Waals surface area (Å²) in [6, 6.07) is 0. The quantitative estimate of drug-likeness (QED) is 0.470. The summed E-state index contributed by atoms with van der Waals surface area (Å²) < 4.78 is 33.1. The van der Waals surface area contributed by atoms with Crippen molar-refractivity contribution in [2.75, 3.05) is 19.8 Å². The van der Waals surface area contributed by atoms with Crippen LogP contribution in [0.1, 0.15) is 20.3 Å². The molecule has 0 saturated carbocycles. The molecule has 0 spiro atoms. The lowest BCUT2D eigenvalue weighted by Crippen LogP contribution is -2.40. The maximum absolute atomic E-state index is 12.3. The molecule has 2 heterocycles. The van der Waals surface area contributed by atoms with Crippen LogP contribution in [0.25, 0.3) is 0 Å². The summed E-state index contributed by atoms with van der Waals surface area (Å²) in [6.45, 7) is 3.21. The van der Waals surface area contributed by atoms with Crippen LogP contribution in [0.4, 0.5) is 0 Å². The van der Waals surface area contributed by atoms with Crippen molar-refractivity contribution in [3.8, 4) is 0 Å². The Morgan fingerprint density at radius 3 is 2.54 bits per heavy atom. The predicted molar refractivity (Wildman–Crippen MR) is 90.4 cm³/mol. The molecule has 0 unspecified atom stereocenters. The molecule has 26 heavy (non-hydrogen) atoms. The van der Waals surface area contributed by atoms with Gasteiger partial charge in [0.05, 0.1) is 19.8 Å². The number of carbonyl (C=O) groups is 1. The van der Waals surface area contributed by atoms with Gasteiger partial charge in [-0.05, 0) is 20.3 Å². The fourth-order valence-electron chi connectivity index (χ4n) is 2.61. The second-order valence-corrected chi connectivity index (χ2v) is 7.35. The van der Waals surface area contributed by atoms with Gasteiger partial charge in [-0.1, -0.05) is 6.08 Å². The molecule has 1 fully saturated rings. The monoisotopic (exact) mass is 392 g/mol. The molecule has 1 saturated heterocycles. The first kappa shape index (κ1) is 21.0. The molecule has 2 aliphatic heterocycles. The van der Waals surface area contributed by atoms with Crippen molar-refractivity contribution in [3.63, 3.8) is 0 Å². The number of aliphatic hydroxyl groups is 2. The van der Waals surface area contributed by atoms with E-state index in [1.807, 2.05) is 0 Å². The van der Waals surface area contributed by atoms with Gasteiger partial charge in [0.15, 0.2) is 6.23 Å². The molecule has 0 aromatic carbocycles. The molecule has 0 radical (unpaired) electrons. The highest BCUT2D eigenvalue weighted by atomic mass is 31.2. The van der Waals surface area contributed by atoms with Crippen LogP contribution >= 0.6 is 7.82 Å². The second-order valence-electron chi connectivity index (χ2n) is 5.68. The summed E-state index contributed by atoms with van der Waals surface area (Å²) in [5.41, 5.74) is 5.61. The number of primary amides is 1. The number of nitrogens with zero attached hydrogens (tertiary/aromatic N) is 1. The molecular weight excluding hydrogens is 367 g/mol. The van der Waals surface area contributed by atoms with E-state index in [4.69, 9.17) is 24.0 Å². The van der Waals surface area contributed by atoms with E-state index in [9.17, 15) is 19.6 Å². The summed E-state index contributed by atoms with van der Waals surface area (Å²) in [6.07, 6.45) is 0.625. The SMILES string of the molecule is CCOP(=O)(OCC)OC[C@H]1O[C@@H](N2C=CCC(C(N)=O)=C2)[C@H](O)[C@@H]1O. The predicted octanol–water partition coefficient (Wildman–Crippen LogP) is 0.219. The molecule has 2 aliphatic rings. The number of phosphoric acid groups is 1. The second kappa shape index (κ2) is 9.09. The molecule has 0 bridgehead atoms. The third-order valence-corrected chi connectivity index (χ3v) is 5.45. The number of carbonyl (C=O) groups excluding carboxylic acids is 1. The van der Waals surface area contributed by atoms with Gasteiger partial charge in [-0.3, -0.25) is 18.4 Å². The molecule has 1 amide bonds. The Kier molecular flexibility index (Phi) is 7.36. The molecular formula is C15H25N2O8P. The maximum Gasteiger partial charge on any atom is 0.474 e. The zero-order valence-electron chi connectivity index (χ0n) is 14.7. The van der Waals surface area contributed by atoms with E-state index in [0.29, 0.717) is 12.0 Å². The van der Waals surface area contributed by atoms with E-state index in [-0.39, 0.29) is 19.8 Å². The average Bonchev–Trinajstić information content (AvgIpc) is 2.89. The number of allylic oxidation sites excluding steroid dienone is 1. The normalized spacial score (nSPS) is 29.1. The molecule has 0 aromatic heterocycles. The number of nitrogens with two attached hydrogens (primary N) is 1. The van der Waals surface area contributed by atoms with Crippen molar-refractivity contribution in [2.24, 2.45) is 5.73 Å². The van der Waals surface area contributed by atoms with Crippen LogP contribution in [0, 0.1) is 0 Å². The fourth-order valence-corrected chi connectivity index (χ4v) is 3.79. The van der Waals surface area contributed by atoms with Gasteiger partial charge in [0.2, 0.25) is 5.91 Å². The van der Waals surface area contributed by atoms with Gasteiger partial charge in [-0.25, -0.2) is 4.57 Å². The van der Waals surface area contributed by atoms with Crippen molar-refractivity contribution >= 4 is 13.7 Å². The molecule has 2 rings (SSSR count). The number of ether oxygens (including phenoxy) is 1. The Labute approximate surface area is 151 Å². The summed E-state index contributed by atoms with van der Waals surface area (Å²) in [5, 5.41) is 20.5. The first-order chi connectivity index (χ1) is 12.3. The highest BCUT2D eigenvalue weighted by molar-refractivity contribution is 7.48. The van der Waals surface area contributed by atoms with Gasteiger partial charge < -0.3 is 25.6 Å². The van der Waals surface area contributed by atoms with Crippen LogP contribution in [0.3, 0.4) is 0 Å². The third-order valence-electron chi connectivity index (χ3n) is 3.84. The van der Waals surface area contributed by atoms with Crippen molar-refractivity contribution in [1.29, 1.82) is 0 Å². The van der Waals surface area contributed by atoms with Crippen LogP contribution in [-0.4, -0.2) is 65.4 Å². The molecule has 0 aliphatic carbocycles. The number of hydrogen-bond donors (Lipinski definition) is 3. The average molecular weight is 392 g/mol. The Bertz CT molecular complexity index is 600. The number of rotatable bonds is 9. The Balaban J connectivity index is 2.03. The molecule has 4 atom stereocenters. The molecule has 148 valence electrons. The smallest absolute Gasteiger partial charge is 0.387 e. The van der Waals surface area contributed by atoms with Crippen LogP contribution in [0.2, 0.25) is 0 Å². The van der Waals surface area contributed by atoms with Crippen molar-refractivity contribution < 1.29 is 37.9 Å². The van der Waals surface area contributed by atoms with E-state index in [1.54, 1.807) is 26.1 Å². The zero-order valence-corrected chi connectivity index (χ0v) is 15.6. The number of hydrogen-bond acceptors (Lipinski definition) is 9. The van der Waals surface area contributed by atoms with E-state index >= 15 is 0 Å². The third kappa shape index (κ3) is 4.92. The largest absolute Gasteiger partial charge is 0.474 e. The Hall–Kier alpha value is -1.26. The minimum atomic E-state index is -3.77. The highest BCUT2D eigenvalue weighted by Crippen LogP contribution is 2.49. The van der Waals surface area contributed by atoms with E-state index in [2.05, 4.69) is 0 Å². The lowest BCUT2D eigenvalue weighted by Gasteiger charge is -2.28. The summed E-state index contributed by atoms with van der Waals surface area (Å²) in [4.78, 5) is 12.8. The number of aliphatic hydroxyl groups excluding tert-OH is 2. The lowest BCUT2D eigenvalue weighted by molar-refractivity contribution is -0.114. The molecule has 0 aromatic rings. The topological polar surface area (TPSA) is 141 Å². The minimum Gasteiger partial charge on any atom is -0.387 e. The lowest BCUT2D eigenvalue weighted by atomic mass is 10.1. The van der Waals surface area contributed by atoms with Gasteiger partial charge in [-0.2, -0.15) is 0 Å². The van der Waals surface area contributed by atoms with Crippen LogP contribution < -0.4 is 5.73 Å². The first-order valence-electron chi connectivity index (χ1n) is 8.31. The number of phosphoric ester groups is 1. The molecule has 11 heteroatoms. The van der Waals surface area contributed by atoms with E-state index < -0.39 is 38.3 Å². The Morgan fingerprint density at radius 2 is 1.96 bits per heavy atom. The minimum absolute atomic E-state index is 0.121. The summed E-state index contributed by atoms with van der Waals surface area (Å²) >= 11 is 0. The van der Waals surface area contributed by atoms with Crippen LogP contribution in [0.5, 0.6) is 0 Å². The van der Waals surface area contributed by atoms with Gasteiger partial charge >= 0.3 is 7.82 Å². The van der Waals surface area contributed by atoms with E-state index in [0.717, 1.165) is 0 Å². The fraction of sp³-hybridized carbons (Fsp3) is 0.667. The van der Waals surface area contributed by atoms with E-state index in [1.165, 1.54) is 11.1 Å². The van der Waals surface area contributed by atoms with Gasteiger partial charge in [0.1, 0.15) is 18.3 Å². The summed E-state index contributed by atoms with van der Waals surface area (Å²) in [5.74, 6) is -0.582. The van der Waals surface area contributed by atoms with Crippen molar-refractivity contribution in [1.82, 2.24) is 4.90 Å². The maximum atomic E-state index is 12.3. The number of amides is 1. The first-order valence-corrected chi connectivity index (χ1v) is 9.77. The standard InChI is InChI=1S/C15H25N2O8P/c1-3-22-26(21,23-4-2)24-9-11-12(18)13(19)15(25-11)17-7-5-6-10(8-17)14(16)20/h5,7-8,11-13,15,18-19H,3-4,6,9H2,1-2H3,(H2,16,20)/t11-,12-,13-,15-/m1/s1.